The van der Waals surface area contributed by atoms with Gasteiger partial charge in [-0.05, 0) is 68.1 Å². The molecule has 2 aromatic carbocycles. The molecule has 0 aliphatic rings. The topological polar surface area (TPSA) is 46.5 Å². The first-order chi connectivity index (χ1) is 10.9. The van der Waals surface area contributed by atoms with Crippen LogP contribution in [0.2, 0.25) is 0 Å². The Balaban J connectivity index is 2.11. The Morgan fingerprint density at radius 2 is 1.70 bits per heavy atom. The van der Waals surface area contributed by atoms with E-state index in [4.69, 9.17) is 4.74 Å². The molecule has 0 spiro atoms. The van der Waals surface area contributed by atoms with Gasteiger partial charge in [-0.15, -0.1) is 0 Å². The molecule has 122 valence electrons. The Kier molecular flexibility index (Phi) is 5.37. The molecule has 0 aliphatic heterocycles. The summed E-state index contributed by atoms with van der Waals surface area (Å²) in [7, 11) is 0. The lowest BCUT2D eigenvalue weighted by Gasteiger charge is -2.19. The van der Waals surface area contributed by atoms with Gasteiger partial charge in [0.25, 0.3) is 0 Å². The zero-order chi connectivity index (χ0) is 17.0. The quantitative estimate of drug-likeness (QED) is 0.860. The van der Waals surface area contributed by atoms with E-state index in [-0.39, 0.29) is 12.4 Å². The second-order valence-electron chi connectivity index (χ2n) is 5.79. The fourth-order valence-corrected chi connectivity index (χ4v) is 2.96. The average Bonchev–Trinajstić information content (AvgIpc) is 2.46. The molecule has 0 heterocycles. The minimum Gasteiger partial charge on any atom is -0.494 e. The maximum atomic E-state index is 12.9. The van der Waals surface area contributed by atoms with Crippen LogP contribution in [0, 0.1) is 26.6 Å². The third kappa shape index (κ3) is 4.31. The lowest BCUT2D eigenvalue weighted by molar-refractivity contribution is -0.139. The molecule has 0 saturated heterocycles. The normalized spacial score (nSPS) is 12.0. The second kappa shape index (κ2) is 7.27. The molecule has 23 heavy (non-hydrogen) atoms. The van der Waals surface area contributed by atoms with Gasteiger partial charge in [0.2, 0.25) is 0 Å². The summed E-state index contributed by atoms with van der Waals surface area (Å²) in [6.07, 6.45) is 0.359. The number of aryl methyl sites for hydroxylation is 3. The summed E-state index contributed by atoms with van der Waals surface area (Å²) in [5, 5.41) is 9.57. The third-order valence-corrected chi connectivity index (χ3v) is 3.87. The number of rotatable bonds is 6. The van der Waals surface area contributed by atoms with Gasteiger partial charge in [0.15, 0.2) is 0 Å². The van der Waals surface area contributed by atoms with Crippen molar-refractivity contribution in [3.8, 4) is 5.75 Å². The molecule has 1 atom stereocenters. The van der Waals surface area contributed by atoms with Crippen LogP contribution in [0.1, 0.15) is 34.6 Å². The number of hydrogen-bond acceptors (Lipinski definition) is 2. The predicted octanol–water partition coefficient (Wildman–Crippen LogP) is 4.39. The predicted molar refractivity (Wildman–Crippen MR) is 87.5 cm³/mol. The van der Waals surface area contributed by atoms with Gasteiger partial charge in [-0.3, -0.25) is 4.79 Å². The minimum absolute atomic E-state index is 0.259. The van der Waals surface area contributed by atoms with E-state index < -0.39 is 11.9 Å². The number of hydrogen-bond donors (Lipinski definition) is 1. The van der Waals surface area contributed by atoms with E-state index in [0.29, 0.717) is 12.2 Å². The van der Waals surface area contributed by atoms with E-state index >= 15 is 0 Å². The van der Waals surface area contributed by atoms with E-state index in [0.717, 1.165) is 22.3 Å². The first kappa shape index (κ1) is 17.0. The summed E-state index contributed by atoms with van der Waals surface area (Å²) in [6.45, 7) is 6.13. The number of carboxylic acids is 1. The number of halogens is 1. The lowest BCUT2D eigenvalue weighted by Crippen LogP contribution is -2.17. The van der Waals surface area contributed by atoms with E-state index in [1.807, 2.05) is 32.9 Å². The van der Waals surface area contributed by atoms with Gasteiger partial charge >= 0.3 is 5.97 Å². The van der Waals surface area contributed by atoms with Crippen LogP contribution in [-0.2, 0) is 4.79 Å². The van der Waals surface area contributed by atoms with Crippen molar-refractivity contribution in [2.45, 2.75) is 33.1 Å². The summed E-state index contributed by atoms with van der Waals surface area (Å²) in [6, 6.07) is 9.70. The molecule has 0 aliphatic carbocycles. The zero-order valence-electron chi connectivity index (χ0n) is 13.6. The van der Waals surface area contributed by atoms with E-state index in [1.54, 1.807) is 0 Å². The van der Waals surface area contributed by atoms with Gasteiger partial charge in [0, 0.05) is 0 Å². The zero-order valence-corrected chi connectivity index (χ0v) is 13.6. The monoisotopic (exact) mass is 316 g/mol. The summed E-state index contributed by atoms with van der Waals surface area (Å²) < 4.78 is 18.4. The van der Waals surface area contributed by atoms with E-state index in [9.17, 15) is 14.3 Å². The van der Waals surface area contributed by atoms with Crippen molar-refractivity contribution >= 4 is 5.97 Å². The highest BCUT2D eigenvalue weighted by Crippen LogP contribution is 2.28. The maximum absolute atomic E-state index is 12.9. The molecule has 4 heteroatoms. The lowest BCUT2D eigenvalue weighted by atomic mass is 9.87. The van der Waals surface area contributed by atoms with Crippen molar-refractivity contribution in [3.63, 3.8) is 0 Å². The molecule has 0 saturated carbocycles. The van der Waals surface area contributed by atoms with Crippen LogP contribution in [0.3, 0.4) is 0 Å². The van der Waals surface area contributed by atoms with Gasteiger partial charge in [-0.25, -0.2) is 4.39 Å². The second-order valence-corrected chi connectivity index (χ2v) is 5.79. The summed E-state index contributed by atoms with van der Waals surface area (Å²) in [4.78, 5) is 11.7. The molecular formula is C19H21FO3. The molecule has 2 aromatic rings. The smallest absolute Gasteiger partial charge is 0.311 e. The Bertz CT molecular complexity index is 669. The number of ether oxygens (including phenoxy) is 1. The molecular weight excluding hydrogens is 295 g/mol. The summed E-state index contributed by atoms with van der Waals surface area (Å²) in [5.74, 6) is -1.27. The standard InChI is InChI=1S/C19H21FO3/c1-12-10-13(2)18(14(3)11-12)17(19(21)22)8-9-23-16-6-4-15(20)5-7-16/h4-7,10-11,17H,8-9H2,1-3H3,(H,21,22). The number of aliphatic carboxylic acids is 1. The Hall–Kier alpha value is -2.36. The Morgan fingerprint density at radius 3 is 2.22 bits per heavy atom. The summed E-state index contributed by atoms with van der Waals surface area (Å²) in [5.41, 5.74) is 3.94. The van der Waals surface area contributed by atoms with Gasteiger partial charge in [0.05, 0.1) is 12.5 Å². The SMILES string of the molecule is Cc1cc(C)c(C(CCOc2ccc(F)cc2)C(=O)O)c(C)c1. The van der Waals surface area contributed by atoms with Crippen LogP contribution in [0.25, 0.3) is 0 Å². The highest BCUT2D eigenvalue weighted by molar-refractivity contribution is 5.77. The average molecular weight is 316 g/mol. The number of carbonyl (C=O) groups is 1. The highest BCUT2D eigenvalue weighted by Gasteiger charge is 2.23. The van der Waals surface area contributed by atoms with Crippen molar-refractivity contribution < 1.29 is 19.0 Å². The minimum atomic E-state index is -0.859. The molecule has 0 amide bonds. The van der Waals surface area contributed by atoms with Crippen LogP contribution in [0.15, 0.2) is 36.4 Å². The van der Waals surface area contributed by atoms with Crippen LogP contribution in [-0.4, -0.2) is 17.7 Å². The largest absolute Gasteiger partial charge is 0.494 e. The molecule has 2 rings (SSSR count). The maximum Gasteiger partial charge on any atom is 0.311 e. The Morgan fingerprint density at radius 1 is 1.13 bits per heavy atom. The van der Waals surface area contributed by atoms with Crippen LogP contribution < -0.4 is 4.74 Å². The third-order valence-electron chi connectivity index (χ3n) is 3.87. The molecule has 0 aromatic heterocycles. The highest BCUT2D eigenvalue weighted by atomic mass is 19.1. The van der Waals surface area contributed by atoms with Gasteiger partial charge in [0.1, 0.15) is 11.6 Å². The fourth-order valence-electron chi connectivity index (χ4n) is 2.96. The van der Waals surface area contributed by atoms with Crippen LogP contribution >= 0.6 is 0 Å². The molecule has 3 nitrogen and oxygen atoms in total. The van der Waals surface area contributed by atoms with E-state index in [1.165, 1.54) is 24.3 Å². The summed E-state index contributed by atoms with van der Waals surface area (Å²) >= 11 is 0. The number of carboxylic acid groups (broad SMARTS) is 1. The molecule has 0 fully saturated rings. The fraction of sp³-hybridized carbons (Fsp3) is 0.316. The van der Waals surface area contributed by atoms with Gasteiger partial charge < -0.3 is 9.84 Å². The van der Waals surface area contributed by atoms with Crippen LogP contribution in [0.5, 0.6) is 5.75 Å². The van der Waals surface area contributed by atoms with Crippen molar-refractivity contribution in [2.24, 2.45) is 0 Å². The molecule has 0 radical (unpaired) electrons. The van der Waals surface area contributed by atoms with Gasteiger partial charge in [-0.1, -0.05) is 17.7 Å². The molecule has 1 N–H and O–H groups in total. The molecule has 0 bridgehead atoms. The molecule has 1 unspecified atom stereocenters. The van der Waals surface area contributed by atoms with Crippen molar-refractivity contribution in [3.05, 3.63) is 64.5 Å². The van der Waals surface area contributed by atoms with Crippen molar-refractivity contribution in [1.29, 1.82) is 0 Å². The first-order valence-electron chi connectivity index (χ1n) is 7.57. The van der Waals surface area contributed by atoms with E-state index in [2.05, 4.69) is 0 Å². The Labute approximate surface area is 135 Å². The first-order valence-corrected chi connectivity index (χ1v) is 7.57. The number of benzene rings is 2. The van der Waals surface area contributed by atoms with Crippen molar-refractivity contribution in [1.82, 2.24) is 0 Å². The van der Waals surface area contributed by atoms with Crippen molar-refractivity contribution in [2.75, 3.05) is 6.61 Å². The van der Waals surface area contributed by atoms with Crippen LogP contribution in [0.4, 0.5) is 4.39 Å². The van der Waals surface area contributed by atoms with Gasteiger partial charge in [-0.2, -0.15) is 0 Å².